The van der Waals surface area contributed by atoms with Gasteiger partial charge in [0.25, 0.3) is 11.8 Å². The topological polar surface area (TPSA) is 95.4 Å². The van der Waals surface area contributed by atoms with Crippen molar-refractivity contribution in [2.24, 2.45) is 0 Å². The van der Waals surface area contributed by atoms with Crippen LogP contribution in [0, 0.1) is 0 Å². The SMILES string of the molecule is CCCNC(=O)[C@@H]1CN(CC(=O)N2CC[NH+](CC(=O)NC)CC2)c2ccccc2O1. The molecule has 0 radical (unpaired) electrons. The molecule has 0 saturated carbocycles. The normalized spacial score (nSPS) is 18.9. The molecule has 0 aromatic heterocycles. The highest BCUT2D eigenvalue weighted by molar-refractivity contribution is 5.86. The van der Waals surface area contributed by atoms with Crippen LogP contribution in [0.2, 0.25) is 0 Å². The lowest BCUT2D eigenvalue weighted by atomic mass is 10.1. The van der Waals surface area contributed by atoms with Crippen molar-refractivity contribution in [3.05, 3.63) is 24.3 Å². The van der Waals surface area contributed by atoms with Crippen molar-refractivity contribution in [2.75, 3.05) is 64.3 Å². The Hall–Kier alpha value is -2.81. The number of hydrogen-bond acceptors (Lipinski definition) is 5. The number of hydrogen-bond donors (Lipinski definition) is 3. The second-order valence-electron chi connectivity index (χ2n) is 7.73. The van der Waals surface area contributed by atoms with Gasteiger partial charge in [-0.05, 0) is 18.6 Å². The number of amides is 3. The molecular weight excluding hydrogens is 386 g/mol. The Bertz CT molecular complexity index is 764. The largest absolute Gasteiger partial charge is 0.477 e. The molecule has 9 nitrogen and oxygen atoms in total. The number of carbonyl (C=O) groups excluding carboxylic acids is 3. The van der Waals surface area contributed by atoms with E-state index in [0.717, 1.165) is 25.2 Å². The number of carbonyl (C=O) groups is 3. The highest BCUT2D eigenvalue weighted by Crippen LogP contribution is 2.33. The molecule has 1 aromatic rings. The van der Waals surface area contributed by atoms with Gasteiger partial charge in [0.1, 0.15) is 5.75 Å². The highest BCUT2D eigenvalue weighted by atomic mass is 16.5. The summed E-state index contributed by atoms with van der Waals surface area (Å²) in [5, 5.41) is 5.52. The first-order valence-corrected chi connectivity index (χ1v) is 10.6. The van der Waals surface area contributed by atoms with Crippen LogP contribution >= 0.6 is 0 Å². The molecule has 1 saturated heterocycles. The van der Waals surface area contributed by atoms with Crippen LogP contribution in [0.15, 0.2) is 24.3 Å². The van der Waals surface area contributed by atoms with Crippen LogP contribution in [0.25, 0.3) is 0 Å². The molecule has 2 aliphatic rings. The van der Waals surface area contributed by atoms with Crippen molar-refractivity contribution >= 4 is 23.4 Å². The number of rotatable bonds is 7. The number of likely N-dealkylation sites (N-methyl/N-ethyl adjacent to an activating group) is 1. The summed E-state index contributed by atoms with van der Waals surface area (Å²) in [5.74, 6) is 0.503. The molecule has 0 bridgehead atoms. The second kappa shape index (κ2) is 10.3. The lowest BCUT2D eigenvalue weighted by Crippen LogP contribution is -3.15. The number of benzene rings is 1. The molecule has 0 unspecified atom stereocenters. The first-order chi connectivity index (χ1) is 14.5. The summed E-state index contributed by atoms with van der Waals surface area (Å²) in [6.45, 7) is 6.31. The Morgan fingerprint density at radius 3 is 2.63 bits per heavy atom. The van der Waals surface area contributed by atoms with Crippen LogP contribution in [0.5, 0.6) is 5.75 Å². The Labute approximate surface area is 177 Å². The van der Waals surface area contributed by atoms with Gasteiger partial charge in [-0.1, -0.05) is 19.1 Å². The van der Waals surface area contributed by atoms with E-state index in [2.05, 4.69) is 10.6 Å². The fourth-order valence-electron chi connectivity index (χ4n) is 3.78. The lowest BCUT2D eigenvalue weighted by Gasteiger charge is -2.37. The molecule has 9 heteroatoms. The molecule has 1 aromatic carbocycles. The van der Waals surface area contributed by atoms with Crippen LogP contribution in [0.1, 0.15) is 13.3 Å². The molecule has 164 valence electrons. The Balaban J connectivity index is 1.61. The van der Waals surface area contributed by atoms with Crippen molar-refractivity contribution in [3.8, 4) is 5.75 Å². The summed E-state index contributed by atoms with van der Waals surface area (Å²) >= 11 is 0. The molecule has 3 N–H and O–H groups in total. The summed E-state index contributed by atoms with van der Waals surface area (Å²) in [6, 6.07) is 7.50. The zero-order chi connectivity index (χ0) is 21.5. The highest BCUT2D eigenvalue weighted by Gasteiger charge is 2.33. The average Bonchev–Trinajstić information content (AvgIpc) is 2.77. The molecule has 1 atom stereocenters. The first-order valence-electron chi connectivity index (χ1n) is 10.6. The molecule has 3 amide bonds. The van der Waals surface area contributed by atoms with Gasteiger partial charge in [-0.25, -0.2) is 0 Å². The Morgan fingerprint density at radius 1 is 1.20 bits per heavy atom. The third kappa shape index (κ3) is 5.41. The molecule has 0 aliphatic carbocycles. The van der Waals surface area contributed by atoms with E-state index in [9.17, 15) is 14.4 Å². The number of nitrogens with one attached hydrogen (secondary N) is 3. The number of piperazine rings is 1. The summed E-state index contributed by atoms with van der Waals surface area (Å²) < 4.78 is 5.89. The number of para-hydroxylation sites is 2. The maximum atomic E-state index is 13.0. The van der Waals surface area contributed by atoms with Crippen LogP contribution in [-0.4, -0.2) is 88.1 Å². The van der Waals surface area contributed by atoms with Gasteiger partial charge in [-0.2, -0.15) is 0 Å². The molecular formula is C21H32N5O4+. The zero-order valence-corrected chi connectivity index (χ0v) is 17.8. The van der Waals surface area contributed by atoms with Gasteiger partial charge < -0.3 is 30.1 Å². The Kier molecular flexibility index (Phi) is 7.51. The standard InChI is InChI=1S/C21H31N5O4/c1-3-8-23-21(29)18-13-26(16-6-4-5-7-17(16)30-18)15-20(28)25-11-9-24(10-12-25)14-19(27)22-2/h4-7,18H,3,8-15H2,1-2H3,(H,22,27)(H,23,29)/p+1/t18-/m0/s1. The van der Waals surface area contributed by atoms with E-state index < -0.39 is 6.10 Å². The average molecular weight is 419 g/mol. The third-order valence-corrected chi connectivity index (χ3v) is 5.54. The molecule has 2 aliphatic heterocycles. The fourth-order valence-corrected chi connectivity index (χ4v) is 3.78. The van der Waals surface area contributed by atoms with E-state index >= 15 is 0 Å². The van der Waals surface area contributed by atoms with Gasteiger partial charge in [-0.3, -0.25) is 14.4 Å². The molecule has 0 spiro atoms. The second-order valence-corrected chi connectivity index (χ2v) is 7.73. The Morgan fingerprint density at radius 2 is 1.93 bits per heavy atom. The van der Waals surface area contributed by atoms with Gasteiger partial charge >= 0.3 is 0 Å². The van der Waals surface area contributed by atoms with Crippen LogP contribution in [0.3, 0.4) is 0 Å². The summed E-state index contributed by atoms with van der Waals surface area (Å²) in [7, 11) is 1.64. The van der Waals surface area contributed by atoms with Crippen LogP contribution in [-0.2, 0) is 14.4 Å². The summed E-state index contributed by atoms with van der Waals surface area (Å²) in [5.41, 5.74) is 0.828. The predicted octanol–water partition coefficient (Wildman–Crippen LogP) is -1.75. The molecule has 3 rings (SSSR count). The number of nitrogens with zero attached hydrogens (tertiary/aromatic N) is 2. The van der Waals surface area contributed by atoms with Gasteiger partial charge in [0.05, 0.1) is 45.0 Å². The number of fused-ring (bicyclic) bond motifs is 1. The maximum absolute atomic E-state index is 13.0. The monoisotopic (exact) mass is 418 g/mol. The van der Waals surface area contributed by atoms with Crippen molar-refractivity contribution < 1.29 is 24.0 Å². The smallest absolute Gasteiger partial charge is 0.274 e. The summed E-state index contributed by atoms with van der Waals surface area (Å²) in [6.07, 6.45) is 0.207. The third-order valence-electron chi connectivity index (χ3n) is 5.54. The van der Waals surface area contributed by atoms with E-state index in [1.165, 1.54) is 4.90 Å². The molecule has 30 heavy (non-hydrogen) atoms. The molecule has 1 fully saturated rings. The number of anilines is 1. The number of quaternary nitrogens is 1. The molecule has 2 heterocycles. The van der Waals surface area contributed by atoms with Gasteiger partial charge in [0.2, 0.25) is 5.91 Å². The minimum absolute atomic E-state index is 0.0158. The van der Waals surface area contributed by atoms with Crippen LogP contribution in [0.4, 0.5) is 5.69 Å². The minimum atomic E-state index is -0.645. The minimum Gasteiger partial charge on any atom is -0.477 e. The number of ether oxygens (including phenoxy) is 1. The van der Waals surface area contributed by atoms with Crippen molar-refractivity contribution in [3.63, 3.8) is 0 Å². The van der Waals surface area contributed by atoms with Crippen molar-refractivity contribution in [2.45, 2.75) is 19.4 Å². The van der Waals surface area contributed by atoms with E-state index in [-0.39, 0.29) is 24.3 Å². The zero-order valence-electron chi connectivity index (χ0n) is 17.8. The maximum Gasteiger partial charge on any atom is 0.274 e. The lowest BCUT2D eigenvalue weighted by molar-refractivity contribution is -0.896. The fraction of sp³-hybridized carbons (Fsp3) is 0.571. The van der Waals surface area contributed by atoms with Crippen LogP contribution < -0.4 is 25.2 Å². The quantitative estimate of drug-likeness (QED) is 0.488. The van der Waals surface area contributed by atoms with Gasteiger partial charge in [-0.15, -0.1) is 0 Å². The van der Waals surface area contributed by atoms with E-state index in [0.29, 0.717) is 38.5 Å². The summed E-state index contributed by atoms with van der Waals surface area (Å²) in [4.78, 5) is 41.9. The van der Waals surface area contributed by atoms with E-state index in [1.807, 2.05) is 41.0 Å². The van der Waals surface area contributed by atoms with Crippen molar-refractivity contribution in [1.29, 1.82) is 0 Å². The predicted molar refractivity (Wildman–Crippen MR) is 113 cm³/mol. The first kappa shape index (κ1) is 21.9. The van der Waals surface area contributed by atoms with Gasteiger partial charge in [0.15, 0.2) is 12.6 Å². The van der Waals surface area contributed by atoms with E-state index in [1.54, 1.807) is 7.05 Å². The van der Waals surface area contributed by atoms with E-state index in [4.69, 9.17) is 4.74 Å². The van der Waals surface area contributed by atoms with Gasteiger partial charge in [0, 0.05) is 13.6 Å². The van der Waals surface area contributed by atoms with Crippen molar-refractivity contribution in [1.82, 2.24) is 15.5 Å².